The van der Waals surface area contributed by atoms with E-state index < -0.39 is 30.0 Å². The summed E-state index contributed by atoms with van der Waals surface area (Å²) >= 11 is 6.97. The van der Waals surface area contributed by atoms with Gasteiger partial charge in [-0.1, -0.05) is 68.8 Å². The van der Waals surface area contributed by atoms with Crippen LogP contribution in [0.2, 0.25) is 23.2 Å². The van der Waals surface area contributed by atoms with Crippen molar-refractivity contribution in [2.45, 2.75) is 83.0 Å². The Labute approximate surface area is 264 Å². The highest BCUT2D eigenvalue weighted by atomic mass is 35.5. The molecule has 5 nitrogen and oxygen atoms in total. The van der Waals surface area contributed by atoms with Crippen molar-refractivity contribution in [1.82, 2.24) is 9.71 Å². The summed E-state index contributed by atoms with van der Waals surface area (Å²) in [6.07, 6.45) is 1.75. The Hall–Kier alpha value is -1.75. The maximum absolute atomic E-state index is 13.3. The van der Waals surface area contributed by atoms with E-state index in [1.54, 1.807) is 24.5 Å². The highest BCUT2D eigenvalue weighted by molar-refractivity contribution is 7.90. The predicted octanol–water partition coefficient (Wildman–Crippen LogP) is 8.99. The van der Waals surface area contributed by atoms with E-state index in [-0.39, 0.29) is 17.7 Å². The lowest BCUT2D eigenvalue weighted by molar-refractivity contribution is 0.00258. The van der Waals surface area contributed by atoms with E-state index in [0.29, 0.717) is 5.02 Å². The summed E-state index contributed by atoms with van der Waals surface area (Å²) in [6.45, 7) is 18.8. The van der Waals surface area contributed by atoms with Crippen molar-refractivity contribution >= 4 is 52.7 Å². The number of thiophene rings is 1. The van der Waals surface area contributed by atoms with Crippen LogP contribution in [0, 0.1) is 0 Å². The van der Waals surface area contributed by atoms with E-state index >= 15 is 0 Å². The minimum absolute atomic E-state index is 0.0508. The van der Waals surface area contributed by atoms with Crippen LogP contribution >= 0.6 is 22.9 Å². The summed E-state index contributed by atoms with van der Waals surface area (Å²) in [5.74, 6) is 0. The number of aromatic nitrogens is 1. The maximum atomic E-state index is 13.3. The van der Waals surface area contributed by atoms with Gasteiger partial charge in [-0.05, 0) is 86.6 Å². The van der Waals surface area contributed by atoms with E-state index in [0.717, 1.165) is 37.3 Å². The number of benzene rings is 2. The summed E-state index contributed by atoms with van der Waals surface area (Å²) in [6, 6.07) is 19.4. The van der Waals surface area contributed by atoms with Crippen LogP contribution in [0.3, 0.4) is 0 Å². The molecule has 0 fully saturated rings. The first-order chi connectivity index (χ1) is 19.4. The summed E-state index contributed by atoms with van der Waals surface area (Å²) in [4.78, 5) is 5.71. The summed E-state index contributed by atoms with van der Waals surface area (Å²) in [7, 11) is -2.04. The molecule has 3 atom stereocenters. The van der Waals surface area contributed by atoms with Crippen LogP contribution < -0.4 is 4.72 Å². The van der Waals surface area contributed by atoms with Gasteiger partial charge in [-0.2, -0.15) is 0 Å². The fourth-order valence-corrected chi connectivity index (χ4v) is 7.70. The number of rotatable bonds is 9. The van der Waals surface area contributed by atoms with E-state index in [4.69, 9.17) is 21.0 Å². The third-order valence-electron chi connectivity index (χ3n) is 8.02. The Morgan fingerprint density at radius 3 is 2.36 bits per heavy atom. The van der Waals surface area contributed by atoms with Gasteiger partial charge in [0.05, 0.1) is 12.3 Å². The molecule has 1 unspecified atom stereocenters. The number of nitrogens with zero attached hydrogens (tertiary/aromatic N) is 1. The molecule has 4 aromatic rings. The third-order valence-corrected chi connectivity index (χ3v) is 15.7. The largest absolute Gasteiger partial charge is 0.598 e. The Morgan fingerprint density at radius 1 is 1.02 bits per heavy atom. The molecule has 4 rings (SSSR count). The minimum atomic E-state index is -2.04. The van der Waals surface area contributed by atoms with Crippen molar-refractivity contribution in [2.75, 3.05) is 6.61 Å². The van der Waals surface area contributed by atoms with Crippen LogP contribution in [0.15, 0.2) is 66.9 Å². The number of hydrogen-bond acceptors (Lipinski definition) is 6. The van der Waals surface area contributed by atoms with Crippen LogP contribution in [-0.4, -0.2) is 34.3 Å². The van der Waals surface area contributed by atoms with E-state index in [1.807, 2.05) is 63.2 Å². The number of hydrogen-bond donors (Lipinski definition) is 2. The smallest absolute Gasteiger partial charge is 0.192 e. The van der Waals surface area contributed by atoms with Gasteiger partial charge < -0.3 is 14.1 Å². The van der Waals surface area contributed by atoms with E-state index in [2.05, 4.69) is 56.8 Å². The molecular formula is C33H43ClN2O3S2Si. The molecule has 0 aliphatic heterocycles. The van der Waals surface area contributed by atoms with Gasteiger partial charge in [-0.15, -0.1) is 16.1 Å². The molecule has 0 aliphatic rings. The number of fused-ring (bicyclic) bond motifs is 1. The molecule has 2 aromatic carbocycles. The van der Waals surface area contributed by atoms with Crippen molar-refractivity contribution < 1.29 is 14.1 Å². The molecule has 9 heteroatoms. The second-order valence-electron chi connectivity index (χ2n) is 13.6. The van der Waals surface area contributed by atoms with Gasteiger partial charge in [0, 0.05) is 37.7 Å². The number of halogens is 1. The van der Waals surface area contributed by atoms with Gasteiger partial charge in [0.2, 0.25) is 0 Å². The molecule has 0 saturated carbocycles. The van der Waals surface area contributed by atoms with E-state index in [1.165, 1.54) is 0 Å². The standard InChI is InChI=1S/C33H43ClN2O3S2Si/c1-31(2,3)41(38)36-29(24-14-10-11-16-26(24)34)28-19-22-13-12-15-25(30(22)40-28)27-20-23(17-18-35-27)33(7,37)21-39-42(8,9)32(4,5)6/h10-20,29,36-37H,21H2,1-9H3/t29-,33-,41?/m0/s1. The molecule has 226 valence electrons. The molecule has 0 radical (unpaired) electrons. The highest BCUT2D eigenvalue weighted by Gasteiger charge is 2.39. The number of nitrogens with one attached hydrogen (secondary N) is 1. The van der Waals surface area contributed by atoms with Crippen molar-refractivity contribution in [3.8, 4) is 11.3 Å². The topological polar surface area (TPSA) is 77.4 Å². The molecular weight excluding hydrogens is 600 g/mol. The first-order valence-electron chi connectivity index (χ1n) is 14.2. The van der Waals surface area contributed by atoms with Crippen LogP contribution in [0.4, 0.5) is 0 Å². The predicted molar refractivity (Wildman–Crippen MR) is 182 cm³/mol. The molecule has 2 N–H and O–H groups in total. The first kappa shape index (κ1) is 33.1. The monoisotopic (exact) mass is 642 g/mol. The molecule has 42 heavy (non-hydrogen) atoms. The Bertz CT molecular complexity index is 1540. The molecule has 0 saturated heterocycles. The average Bonchev–Trinajstić information content (AvgIpc) is 3.34. The summed E-state index contributed by atoms with van der Waals surface area (Å²) in [5, 5.41) is 13.2. The fraction of sp³-hybridized carbons (Fsp3) is 0.424. The van der Waals surface area contributed by atoms with Crippen LogP contribution in [0.25, 0.3) is 21.3 Å². The zero-order valence-electron chi connectivity index (χ0n) is 26.0. The van der Waals surface area contributed by atoms with Gasteiger partial charge in [0.15, 0.2) is 8.32 Å². The Morgan fingerprint density at radius 2 is 1.71 bits per heavy atom. The minimum Gasteiger partial charge on any atom is -0.598 e. The van der Waals surface area contributed by atoms with Crippen molar-refractivity contribution in [1.29, 1.82) is 0 Å². The second-order valence-corrected chi connectivity index (χ2v) is 21.9. The van der Waals surface area contributed by atoms with Crippen molar-refractivity contribution in [3.05, 3.63) is 87.9 Å². The zero-order valence-corrected chi connectivity index (χ0v) is 29.4. The lowest BCUT2D eigenvalue weighted by Gasteiger charge is -2.38. The average molecular weight is 643 g/mol. The fourth-order valence-electron chi connectivity index (χ4n) is 4.23. The van der Waals surface area contributed by atoms with Gasteiger partial charge >= 0.3 is 0 Å². The SMILES string of the molecule is CC(C)(C)[S+]([O-])N[C@H](c1cc2cccc(-c3cc([C@@](C)(O)CO[Si](C)(C)C(C)(C)C)ccn3)c2s1)c1ccccc1Cl. The lowest BCUT2D eigenvalue weighted by Crippen LogP contribution is -2.44. The maximum Gasteiger partial charge on any atom is 0.192 e. The first-order valence-corrected chi connectivity index (χ1v) is 19.4. The summed E-state index contributed by atoms with van der Waals surface area (Å²) in [5.41, 5.74) is 2.22. The summed E-state index contributed by atoms with van der Waals surface area (Å²) < 4.78 is 23.6. The van der Waals surface area contributed by atoms with Crippen LogP contribution in [-0.2, 0) is 21.4 Å². The van der Waals surface area contributed by atoms with Gasteiger partial charge in [0.25, 0.3) is 0 Å². The lowest BCUT2D eigenvalue weighted by atomic mass is 9.96. The normalized spacial score (nSPS) is 15.9. The zero-order chi connectivity index (χ0) is 31.1. The van der Waals surface area contributed by atoms with Crippen LogP contribution in [0.5, 0.6) is 0 Å². The number of aliphatic hydroxyl groups is 1. The Balaban J connectivity index is 1.73. The third kappa shape index (κ3) is 7.30. The Kier molecular flexibility index (Phi) is 9.73. The van der Waals surface area contributed by atoms with Crippen molar-refractivity contribution in [3.63, 3.8) is 0 Å². The van der Waals surface area contributed by atoms with Gasteiger partial charge in [0.1, 0.15) is 16.4 Å². The van der Waals surface area contributed by atoms with Gasteiger partial charge in [-0.3, -0.25) is 4.98 Å². The molecule has 0 bridgehead atoms. The highest BCUT2D eigenvalue weighted by Crippen LogP contribution is 2.41. The second kappa shape index (κ2) is 12.3. The molecule has 2 aromatic heterocycles. The van der Waals surface area contributed by atoms with Crippen LogP contribution in [0.1, 0.15) is 70.5 Å². The van der Waals surface area contributed by atoms with Gasteiger partial charge in [-0.25, -0.2) is 0 Å². The quantitative estimate of drug-likeness (QED) is 0.141. The molecule has 2 heterocycles. The molecule has 0 amide bonds. The molecule has 0 aliphatic carbocycles. The van der Waals surface area contributed by atoms with E-state index in [9.17, 15) is 9.66 Å². The number of pyridine rings is 1. The van der Waals surface area contributed by atoms with Crippen molar-refractivity contribution in [2.24, 2.45) is 0 Å². The molecule has 0 spiro atoms.